The summed E-state index contributed by atoms with van der Waals surface area (Å²) in [5.41, 5.74) is 1.40. The summed E-state index contributed by atoms with van der Waals surface area (Å²) in [4.78, 5) is 36.5. The highest BCUT2D eigenvalue weighted by Crippen LogP contribution is 2.55. The van der Waals surface area contributed by atoms with Crippen LogP contribution in [0.25, 0.3) is 0 Å². The summed E-state index contributed by atoms with van der Waals surface area (Å²) in [5, 5.41) is 9.42. The smallest absolute Gasteiger partial charge is 0.335 e. The van der Waals surface area contributed by atoms with Gasteiger partial charge in [0.05, 0.1) is 5.56 Å². The van der Waals surface area contributed by atoms with E-state index >= 15 is 0 Å². The van der Waals surface area contributed by atoms with Crippen molar-refractivity contribution in [2.24, 2.45) is 11.3 Å². The van der Waals surface area contributed by atoms with Crippen molar-refractivity contribution >= 4 is 17.5 Å². The summed E-state index contributed by atoms with van der Waals surface area (Å²) >= 11 is 0. The maximum Gasteiger partial charge on any atom is 0.335 e. The van der Waals surface area contributed by atoms with E-state index in [2.05, 4.69) is 6.92 Å². The highest BCUT2D eigenvalue weighted by molar-refractivity contribution is 6.02. The Morgan fingerprint density at radius 1 is 1.22 bits per heavy atom. The molecule has 2 aliphatic carbocycles. The molecule has 4 nitrogen and oxygen atoms in total. The van der Waals surface area contributed by atoms with E-state index in [-0.39, 0.29) is 28.5 Å². The standard InChI is InChI=1S/C19H22O4/c1-10-7-12-13(8-11(10)17(22)23)19(4)6-5-16(21)18(2,3)15(19)9-14(12)20/h7-8,15H,5-6,9H2,1-4H3,(H,22,23)/t15-,19+/m0/s1. The molecule has 122 valence electrons. The van der Waals surface area contributed by atoms with Gasteiger partial charge in [-0.15, -0.1) is 0 Å². The Hall–Kier alpha value is -1.97. The fraction of sp³-hybridized carbons (Fsp3) is 0.526. The van der Waals surface area contributed by atoms with Crippen molar-refractivity contribution in [3.8, 4) is 0 Å². The van der Waals surface area contributed by atoms with Crippen molar-refractivity contribution in [3.63, 3.8) is 0 Å². The van der Waals surface area contributed by atoms with Crippen molar-refractivity contribution < 1.29 is 19.5 Å². The number of aromatic carboxylic acids is 1. The molecule has 2 aliphatic rings. The van der Waals surface area contributed by atoms with Gasteiger partial charge in [-0.1, -0.05) is 20.8 Å². The number of carbonyl (C=O) groups excluding carboxylic acids is 2. The molecule has 0 radical (unpaired) electrons. The van der Waals surface area contributed by atoms with Gasteiger partial charge in [0.25, 0.3) is 0 Å². The molecule has 1 aromatic carbocycles. The van der Waals surface area contributed by atoms with E-state index in [1.54, 1.807) is 19.1 Å². The summed E-state index contributed by atoms with van der Waals surface area (Å²) < 4.78 is 0. The van der Waals surface area contributed by atoms with Gasteiger partial charge in [-0.25, -0.2) is 4.79 Å². The summed E-state index contributed by atoms with van der Waals surface area (Å²) in [5.74, 6) is -0.845. The molecular weight excluding hydrogens is 292 g/mol. The Morgan fingerprint density at radius 3 is 2.48 bits per heavy atom. The number of fused-ring (bicyclic) bond motifs is 3. The van der Waals surface area contributed by atoms with Gasteiger partial charge in [0.1, 0.15) is 5.78 Å². The van der Waals surface area contributed by atoms with Gasteiger partial charge in [-0.2, -0.15) is 0 Å². The number of ketones is 2. The minimum atomic E-state index is -0.977. The highest BCUT2D eigenvalue weighted by atomic mass is 16.4. The van der Waals surface area contributed by atoms with Crippen molar-refractivity contribution in [1.29, 1.82) is 0 Å². The predicted molar refractivity (Wildman–Crippen MR) is 85.9 cm³/mol. The largest absolute Gasteiger partial charge is 0.478 e. The Labute approximate surface area is 135 Å². The van der Waals surface area contributed by atoms with Crippen LogP contribution in [0.5, 0.6) is 0 Å². The van der Waals surface area contributed by atoms with Gasteiger partial charge in [0.2, 0.25) is 0 Å². The number of Topliss-reactive ketones (excluding diaryl/α,β-unsaturated/α-hetero) is 2. The average molecular weight is 314 g/mol. The fourth-order valence-corrected chi connectivity index (χ4v) is 4.60. The average Bonchev–Trinajstić information content (AvgIpc) is 2.46. The molecule has 1 saturated carbocycles. The molecule has 2 atom stereocenters. The van der Waals surface area contributed by atoms with E-state index in [0.717, 1.165) is 5.56 Å². The number of hydrogen-bond acceptors (Lipinski definition) is 3. The number of carbonyl (C=O) groups is 3. The van der Waals surface area contributed by atoms with Crippen LogP contribution in [0.1, 0.15) is 71.9 Å². The number of carboxylic acids is 1. The van der Waals surface area contributed by atoms with Gasteiger partial charge < -0.3 is 5.11 Å². The highest BCUT2D eigenvalue weighted by Gasteiger charge is 2.55. The van der Waals surface area contributed by atoms with Gasteiger partial charge >= 0.3 is 5.97 Å². The molecule has 4 heteroatoms. The molecule has 0 spiro atoms. The first-order valence-electron chi connectivity index (χ1n) is 8.04. The molecule has 0 amide bonds. The normalized spacial score (nSPS) is 29.0. The molecule has 0 aromatic heterocycles. The number of benzene rings is 1. The van der Waals surface area contributed by atoms with Crippen molar-refractivity contribution in [1.82, 2.24) is 0 Å². The zero-order chi connectivity index (χ0) is 17.2. The maximum atomic E-state index is 12.7. The first-order chi connectivity index (χ1) is 10.6. The molecule has 1 fully saturated rings. The summed E-state index contributed by atoms with van der Waals surface area (Å²) in [7, 11) is 0. The van der Waals surface area contributed by atoms with Gasteiger partial charge in [-0.05, 0) is 47.9 Å². The second-order valence-corrected chi connectivity index (χ2v) is 7.76. The Kier molecular flexibility index (Phi) is 3.29. The second kappa shape index (κ2) is 4.76. The van der Waals surface area contributed by atoms with E-state index in [4.69, 9.17) is 0 Å². The predicted octanol–water partition coefficient (Wildman–Crippen LogP) is 3.54. The van der Waals surface area contributed by atoms with E-state index in [1.165, 1.54) is 0 Å². The van der Waals surface area contributed by atoms with Gasteiger partial charge in [0.15, 0.2) is 5.78 Å². The SMILES string of the molecule is Cc1cc2c(cc1C(=O)O)[C@@]1(C)CCC(=O)C(C)(C)[C@@H]1CC2=O. The van der Waals surface area contributed by atoms with Crippen molar-refractivity contribution in [3.05, 3.63) is 34.4 Å². The summed E-state index contributed by atoms with van der Waals surface area (Å²) in [6.07, 6.45) is 1.50. The van der Waals surface area contributed by atoms with Crippen LogP contribution >= 0.6 is 0 Å². The first-order valence-corrected chi connectivity index (χ1v) is 8.04. The van der Waals surface area contributed by atoms with E-state index in [9.17, 15) is 19.5 Å². The lowest BCUT2D eigenvalue weighted by molar-refractivity contribution is -0.136. The van der Waals surface area contributed by atoms with E-state index < -0.39 is 11.4 Å². The van der Waals surface area contributed by atoms with Crippen molar-refractivity contribution in [2.75, 3.05) is 0 Å². The lowest BCUT2D eigenvalue weighted by Gasteiger charge is -2.52. The molecule has 1 aromatic rings. The third-order valence-corrected chi connectivity index (χ3v) is 6.13. The van der Waals surface area contributed by atoms with E-state index in [0.29, 0.717) is 30.4 Å². The fourth-order valence-electron chi connectivity index (χ4n) is 4.60. The number of rotatable bonds is 1. The van der Waals surface area contributed by atoms with Crippen molar-refractivity contribution in [2.45, 2.75) is 52.4 Å². The zero-order valence-corrected chi connectivity index (χ0v) is 14.0. The lowest BCUT2D eigenvalue weighted by Crippen LogP contribution is -2.53. The third kappa shape index (κ3) is 2.07. The summed E-state index contributed by atoms with van der Waals surface area (Å²) in [6.45, 7) is 7.64. The van der Waals surface area contributed by atoms with Crippen LogP contribution < -0.4 is 0 Å². The summed E-state index contributed by atoms with van der Waals surface area (Å²) in [6, 6.07) is 3.38. The third-order valence-electron chi connectivity index (χ3n) is 6.13. The van der Waals surface area contributed by atoms with Crippen LogP contribution in [-0.2, 0) is 10.2 Å². The van der Waals surface area contributed by atoms with Crippen LogP contribution in [0.15, 0.2) is 12.1 Å². The Morgan fingerprint density at radius 2 is 1.87 bits per heavy atom. The molecule has 1 N–H and O–H groups in total. The molecule has 0 bridgehead atoms. The lowest BCUT2D eigenvalue weighted by atomic mass is 9.49. The zero-order valence-electron chi connectivity index (χ0n) is 14.0. The minimum Gasteiger partial charge on any atom is -0.478 e. The number of aryl methyl sites for hydroxylation is 1. The van der Waals surface area contributed by atoms with E-state index in [1.807, 2.05) is 13.8 Å². The molecule has 0 unspecified atom stereocenters. The Balaban J connectivity index is 2.26. The van der Waals surface area contributed by atoms with Crippen LogP contribution in [0.3, 0.4) is 0 Å². The van der Waals surface area contributed by atoms with Gasteiger partial charge in [0, 0.05) is 23.8 Å². The molecular formula is C19H22O4. The van der Waals surface area contributed by atoms with Crippen LogP contribution in [0, 0.1) is 18.3 Å². The monoisotopic (exact) mass is 314 g/mol. The molecule has 0 aliphatic heterocycles. The molecule has 3 rings (SSSR count). The topological polar surface area (TPSA) is 71.4 Å². The molecule has 23 heavy (non-hydrogen) atoms. The Bertz CT molecular complexity index is 744. The number of hydrogen-bond donors (Lipinski definition) is 1. The quantitative estimate of drug-likeness (QED) is 0.860. The van der Waals surface area contributed by atoms with Crippen LogP contribution in [0.4, 0.5) is 0 Å². The van der Waals surface area contributed by atoms with Gasteiger partial charge in [-0.3, -0.25) is 9.59 Å². The maximum absolute atomic E-state index is 12.7. The molecule has 0 heterocycles. The molecule has 0 saturated heterocycles. The first kappa shape index (κ1) is 15.9. The number of carboxylic acid groups (broad SMARTS) is 1. The second-order valence-electron chi connectivity index (χ2n) is 7.76. The minimum absolute atomic E-state index is 0.0188. The van der Waals surface area contributed by atoms with Crippen LogP contribution in [-0.4, -0.2) is 22.6 Å². The van der Waals surface area contributed by atoms with Crippen LogP contribution in [0.2, 0.25) is 0 Å².